The average Bonchev–Trinajstić information content (AvgIpc) is 2.34. The molecular weight excluding hydrogens is 321 g/mol. The highest BCUT2D eigenvalue weighted by molar-refractivity contribution is 9.10. The van der Waals surface area contributed by atoms with Crippen LogP contribution >= 0.6 is 27.5 Å². The third-order valence-corrected chi connectivity index (χ3v) is 3.32. The van der Waals surface area contributed by atoms with E-state index in [-0.39, 0.29) is 11.3 Å². The van der Waals surface area contributed by atoms with E-state index in [2.05, 4.69) is 31.4 Å². The molecule has 92 valence electrons. The summed E-state index contributed by atoms with van der Waals surface area (Å²) in [6.45, 7) is 0. The molecule has 0 unspecified atom stereocenters. The molecule has 5 nitrogen and oxygen atoms in total. The van der Waals surface area contributed by atoms with Gasteiger partial charge in [-0.2, -0.15) is 5.10 Å². The van der Waals surface area contributed by atoms with Gasteiger partial charge >= 0.3 is 0 Å². The summed E-state index contributed by atoms with van der Waals surface area (Å²) < 4.78 is 0.740. The number of aromatic amines is 1. The number of amides is 1. The Morgan fingerprint density at radius 1 is 1.33 bits per heavy atom. The minimum absolute atomic E-state index is 0.119. The number of halogens is 2. The maximum Gasteiger partial charge on any atom is 0.276 e. The highest BCUT2D eigenvalue weighted by atomic mass is 79.9. The smallest absolute Gasteiger partial charge is 0.276 e. The van der Waals surface area contributed by atoms with Crippen molar-refractivity contribution in [1.29, 1.82) is 0 Å². The van der Waals surface area contributed by atoms with Crippen molar-refractivity contribution in [2.75, 3.05) is 5.32 Å². The molecule has 0 aliphatic rings. The molecule has 0 saturated heterocycles. The van der Waals surface area contributed by atoms with Crippen LogP contribution in [0.15, 0.2) is 39.6 Å². The van der Waals surface area contributed by atoms with E-state index < -0.39 is 5.91 Å². The van der Waals surface area contributed by atoms with Crippen molar-refractivity contribution >= 4 is 39.1 Å². The fourth-order valence-corrected chi connectivity index (χ4v) is 1.67. The Kier molecular flexibility index (Phi) is 3.78. The Balaban J connectivity index is 2.18. The number of carbonyl (C=O) groups excluding carboxylic acids is 1. The Morgan fingerprint density at radius 3 is 2.72 bits per heavy atom. The van der Waals surface area contributed by atoms with Crippen LogP contribution in [0.2, 0.25) is 5.02 Å². The lowest BCUT2D eigenvalue weighted by Gasteiger charge is -2.05. The first-order valence-corrected chi connectivity index (χ1v) is 6.05. The summed E-state index contributed by atoms with van der Waals surface area (Å²) in [7, 11) is 0. The summed E-state index contributed by atoms with van der Waals surface area (Å²) in [5.41, 5.74) is 0.299. The van der Waals surface area contributed by atoms with Crippen LogP contribution in [-0.2, 0) is 0 Å². The van der Waals surface area contributed by atoms with Crippen LogP contribution in [0.1, 0.15) is 10.5 Å². The molecule has 1 aromatic carbocycles. The summed E-state index contributed by atoms with van der Waals surface area (Å²) in [6.07, 6.45) is 0. The van der Waals surface area contributed by atoms with E-state index >= 15 is 0 Å². The fraction of sp³-hybridized carbons (Fsp3) is 0. The van der Waals surface area contributed by atoms with Crippen LogP contribution in [0.4, 0.5) is 5.69 Å². The molecule has 7 heteroatoms. The van der Waals surface area contributed by atoms with Gasteiger partial charge in [-0.05, 0) is 40.2 Å². The second-order valence-electron chi connectivity index (χ2n) is 3.39. The SMILES string of the molecule is O=C(Nc1ccc(Br)c(Cl)c1)c1ccc(=O)[nH]n1. The molecule has 0 aliphatic carbocycles. The van der Waals surface area contributed by atoms with Gasteiger partial charge in [0.1, 0.15) is 5.69 Å². The zero-order valence-corrected chi connectivity index (χ0v) is 11.2. The van der Waals surface area contributed by atoms with E-state index in [1.54, 1.807) is 18.2 Å². The van der Waals surface area contributed by atoms with E-state index in [9.17, 15) is 9.59 Å². The second kappa shape index (κ2) is 5.32. The van der Waals surface area contributed by atoms with Crippen molar-refractivity contribution in [1.82, 2.24) is 10.2 Å². The van der Waals surface area contributed by atoms with Crippen molar-refractivity contribution in [3.8, 4) is 0 Å². The van der Waals surface area contributed by atoms with E-state index in [0.717, 1.165) is 4.47 Å². The molecular formula is C11H7BrClN3O2. The molecule has 2 aromatic rings. The molecule has 1 aromatic heterocycles. The zero-order chi connectivity index (χ0) is 13.1. The maximum absolute atomic E-state index is 11.8. The van der Waals surface area contributed by atoms with Crippen molar-refractivity contribution in [3.63, 3.8) is 0 Å². The number of nitrogens with zero attached hydrogens (tertiary/aromatic N) is 1. The molecule has 1 heterocycles. The molecule has 0 saturated carbocycles. The van der Waals surface area contributed by atoms with Crippen LogP contribution in [-0.4, -0.2) is 16.1 Å². The summed E-state index contributed by atoms with van der Waals surface area (Å²) in [5, 5.41) is 8.91. The molecule has 0 aliphatic heterocycles. The third-order valence-electron chi connectivity index (χ3n) is 2.09. The molecule has 0 atom stereocenters. The minimum Gasteiger partial charge on any atom is -0.321 e. The number of rotatable bonds is 2. The molecule has 1 amide bonds. The monoisotopic (exact) mass is 327 g/mol. The highest BCUT2D eigenvalue weighted by Crippen LogP contribution is 2.25. The lowest BCUT2D eigenvalue weighted by Crippen LogP contribution is -2.17. The number of aromatic nitrogens is 2. The van der Waals surface area contributed by atoms with Gasteiger partial charge in [0.15, 0.2) is 0 Å². The summed E-state index contributed by atoms with van der Waals surface area (Å²) in [5.74, 6) is -0.426. The third kappa shape index (κ3) is 2.96. The first kappa shape index (κ1) is 12.8. The van der Waals surface area contributed by atoms with Crippen molar-refractivity contribution < 1.29 is 4.79 Å². The van der Waals surface area contributed by atoms with E-state index in [0.29, 0.717) is 10.7 Å². The van der Waals surface area contributed by atoms with Gasteiger partial charge in [-0.25, -0.2) is 5.10 Å². The van der Waals surface area contributed by atoms with Gasteiger partial charge in [0.25, 0.3) is 11.5 Å². The highest BCUT2D eigenvalue weighted by Gasteiger charge is 2.08. The zero-order valence-electron chi connectivity index (χ0n) is 8.91. The summed E-state index contributed by atoms with van der Waals surface area (Å²) >= 11 is 9.15. The predicted molar refractivity (Wildman–Crippen MR) is 72.0 cm³/mol. The molecule has 0 fully saturated rings. The largest absolute Gasteiger partial charge is 0.321 e. The maximum atomic E-state index is 11.8. The second-order valence-corrected chi connectivity index (χ2v) is 4.65. The molecule has 0 bridgehead atoms. The molecule has 0 spiro atoms. The lowest BCUT2D eigenvalue weighted by molar-refractivity contribution is 0.102. The Bertz CT molecular complexity index is 636. The van der Waals surface area contributed by atoms with Gasteiger partial charge in [-0.1, -0.05) is 11.6 Å². The number of carbonyl (C=O) groups is 1. The number of benzene rings is 1. The predicted octanol–water partition coefficient (Wildman–Crippen LogP) is 2.44. The first-order valence-electron chi connectivity index (χ1n) is 4.88. The van der Waals surface area contributed by atoms with Gasteiger partial charge in [0.2, 0.25) is 0 Å². The topological polar surface area (TPSA) is 74.8 Å². The van der Waals surface area contributed by atoms with Gasteiger partial charge < -0.3 is 5.32 Å². The number of anilines is 1. The van der Waals surface area contributed by atoms with Crippen LogP contribution in [0, 0.1) is 0 Å². The summed E-state index contributed by atoms with van der Waals surface area (Å²) in [4.78, 5) is 22.6. The van der Waals surface area contributed by atoms with Gasteiger partial charge in [0, 0.05) is 16.2 Å². The van der Waals surface area contributed by atoms with Crippen LogP contribution in [0.3, 0.4) is 0 Å². The van der Waals surface area contributed by atoms with E-state index in [1.165, 1.54) is 12.1 Å². The Hall–Kier alpha value is -1.66. The van der Waals surface area contributed by atoms with Crippen molar-refractivity contribution in [3.05, 3.63) is 55.9 Å². The fourth-order valence-electron chi connectivity index (χ4n) is 1.24. The number of H-pyrrole nitrogens is 1. The molecule has 2 rings (SSSR count). The minimum atomic E-state index is -0.426. The van der Waals surface area contributed by atoms with Gasteiger partial charge in [0.05, 0.1) is 5.02 Å². The van der Waals surface area contributed by atoms with Crippen LogP contribution in [0.25, 0.3) is 0 Å². The molecule has 2 N–H and O–H groups in total. The number of nitrogens with one attached hydrogen (secondary N) is 2. The summed E-state index contributed by atoms with van der Waals surface area (Å²) in [6, 6.07) is 7.60. The van der Waals surface area contributed by atoms with Gasteiger partial charge in [-0.3, -0.25) is 9.59 Å². The lowest BCUT2D eigenvalue weighted by atomic mass is 10.3. The quantitative estimate of drug-likeness (QED) is 0.889. The van der Waals surface area contributed by atoms with E-state index in [4.69, 9.17) is 11.6 Å². The molecule has 0 radical (unpaired) electrons. The number of hydrogen-bond donors (Lipinski definition) is 2. The van der Waals surface area contributed by atoms with Crippen LogP contribution < -0.4 is 10.9 Å². The van der Waals surface area contributed by atoms with Crippen LogP contribution in [0.5, 0.6) is 0 Å². The van der Waals surface area contributed by atoms with Crippen molar-refractivity contribution in [2.24, 2.45) is 0 Å². The Morgan fingerprint density at radius 2 is 2.11 bits per heavy atom. The average molecular weight is 329 g/mol. The molecule has 18 heavy (non-hydrogen) atoms. The first-order chi connectivity index (χ1) is 8.56. The van der Waals surface area contributed by atoms with Gasteiger partial charge in [-0.15, -0.1) is 0 Å². The van der Waals surface area contributed by atoms with E-state index in [1.807, 2.05) is 0 Å². The normalized spacial score (nSPS) is 10.1. The standard InChI is InChI=1S/C11H7BrClN3O2/c12-7-2-1-6(5-8(7)13)14-11(18)9-3-4-10(17)16-15-9/h1-5H,(H,14,18)(H,16,17). The van der Waals surface area contributed by atoms with Crippen molar-refractivity contribution in [2.45, 2.75) is 0 Å². The Labute approximate surface area is 115 Å². The number of hydrogen-bond acceptors (Lipinski definition) is 3.